The SMILES string of the molecule is CC1CC(NC(=O)CCOc2ccc(N)cc2)C1. The summed E-state index contributed by atoms with van der Waals surface area (Å²) in [6.07, 6.45) is 2.60. The fraction of sp³-hybridized carbons (Fsp3) is 0.500. The fourth-order valence-corrected chi connectivity index (χ4v) is 2.15. The van der Waals surface area contributed by atoms with Crippen LogP contribution >= 0.6 is 0 Å². The lowest BCUT2D eigenvalue weighted by molar-refractivity contribution is -0.123. The Morgan fingerprint density at radius 2 is 2.06 bits per heavy atom. The molecule has 4 nitrogen and oxygen atoms in total. The van der Waals surface area contributed by atoms with Gasteiger partial charge in [0.05, 0.1) is 13.0 Å². The summed E-state index contributed by atoms with van der Waals surface area (Å²) >= 11 is 0. The molecule has 1 aromatic carbocycles. The topological polar surface area (TPSA) is 64.3 Å². The summed E-state index contributed by atoms with van der Waals surface area (Å²) in [6.45, 7) is 2.60. The summed E-state index contributed by atoms with van der Waals surface area (Å²) in [7, 11) is 0. The average Bonchev–Trinajstić information content (AvgIpc) is 2.30. The highest BCUT2D eigenvalue weighted by Crippen LogP contribution is 2.26. The third-order valence-corrected chi connectivity index (χ3v) is 3.22. The zero-order chi connectivity index (χ0) is 13.0. The Hall–Kier alpha value is -1.71. The number of carbonyl (C=O) groups excluding carboxylic acids is 1. The maximum Gasteiger partial charge on any atom is 0.223 e. The Morgan fingerprint density at radius 3 is 2.67 bits per heavy atom. The average molecular weight is 248 g/mol. The van der Waals surface area contributed by atoms with Crippen molar-refractivity contribution in [3.8, 4) is 5.75 Å². The van der Waals surface area contributed by atoms with Crippen molar-refractivity contribution in [2.75, 3.05) is 12.3 Å². The molecule has 1 saturated carbocycles. The summed E-state index contributed by atoms with van der Waals surface area (Å²) in [5.41, 5.74) is 6.28. The predicted octanol–water partition coefficient (Wildman–Crippen LogP) is 1.95. The van der Waals surface area contributed by atoms with Crippen LogP contribution in [0.1, 0.15) is 26.2 Å². The summed E-state index contributed by atoms with van der Waals surface area (Å²) in [6, 6.07) is 7.56. The molecule has 2 rings (SSSR count). The van der Waals surface area contributed by atoms with Crippen molar-refractivity contribution in [2.45, 2.75) is 32.2 Å². The van der Waals surface area contributed by atoms with Gasteiger partial charge in [0.15, 0.2) is 0 Å². The Bertz CT molecular complexity index is 397. The summed E-state index contributed by atoms with van der Waals surface area (Å²) in [4.78, 5) is 11.6. The van der Waals surface area contributed by atoms with E-state index in [0.717, 1.165) is 24.5 Å². The van der Waals surface area contributed by atoms with Gasteiger partial charge < -0.3 is 15.8 Å². The third-order valence-electron chi connectivity index (χ3n) is 3.22. The molecule has 0 saturated heterocycles. The van der Waals surface area contributed by atoms with Crippen LogP contribution in [-0.2, 0) is 4.79 Å². The molecular weight excluding hydrogens is 228 g/mol. The van der Waals surface area contributed by atoms with E-state index in [1.807, 2.05) is 0 Å². The van der Waals surface area contributed by atoms with Gasteiger partial charge in [-0.3, -0.25) is 4.79 Å². The molecule has 1 aliphatic carbocycles. The van der Waals surface area contributed by atoms with E-state index in [-0.39, 0.29) is 5.91 Å². The maximum absolute atomic E-state index is 11.6. The first kappa shape index (κ1) is 12.7. The number of ether oxygens (including phenoxy) is 1. The number of nitrogen functional groups attached to an aromatic ring is 1. The molecule has 4 heteroatoms. The predicted molar refractivity (Wildman–Crippen MR) is 71.3 cm³/mol. The van der Waals surface area contributed by atoms with E-state index < -0.39 is 0 Å². The Labute approximate surface area is 108 Å². The molecule has 1 aromatic rings. The molecule has 0 atom stereocenters. The van der Waals surface area contributed by atoms with Gasteiger partial charge in [0.25, 0.3) is 0 Å². The molecule has 1 amide bonds. The molecule has 0 bridgehead atoms. The van der Waals surface area contributed by atoms with Crippen molar-refractivity contribution in [1.82, 2.24) is 5.32 Å². The molecule has 1 fully saturated rings. The number of anilines is 1. The summed E-state index contributed by atoms with van der Waals surface area (Å²) in [5, 5.41) is 3.00. The van der Waals surface area contributed by atoms with E-state index in [4.69, 9.17) is 10.5 Å². The molecule has 18 heavy (non-hydrogen) atoms. The molecule has 0 radical (unpaired) electrons. The highest BCUT2D eigenvalue weighted by atomic mass is 16.5. The molecule has 0 aliphatic heterocycles. The minimum atomic E-state index is 0.0716. The Balaban J connectivity index is 1.62. The van der Waals surface area contributed by atoms with Crippen LogP contribution < -0.4 is 15.8 Å². The van der Waals surface area contributed by atoms with Gasteiger partial charge in [-0.2, -0.15) is 0 Å². The second kappa shape index (κ2) is 5.76. The quantitative estimate of drug-likeness (QED) is 0.783. The monoisotopic (exact) mass is 248 g/mol. The highest BCUT2D eigenvalue weighted by Gasteiger charge is 2.26. The first-order chi connectivity index (χ1) is 8.63. The molecule has 0 spiro atoms. The van der Waals surface area contributed by atoms with E-state index in [0.29, 0.717) is 24.8 Å². The smallest absolute Gasteiger partial charge is 0.223 e. The highest BCUT2D eigenvalue weighted by molar-refractivity contribution is 5.76. The largest absolute Gasteiger partial charge is 0.493 e. The van der Waals surface area contributed by atoms with Crippen LogP contribution in [0.3, 0.4) is 0 Å². The first-order valence-electron chi connectivity index (χ1n) is 6.41. The van der Waals surface area contributed by atoms with Gasteiger partial charge in [-0.05, 0) is 43.0 Å². The number of rotatable bonds is 5. The third kappa shape index (κ3) is 3.65. The molecular formula is C14H20N2O2. The van der Waals surface area contributed by atoms with Crippen LogP contribution in [0.25, 0.3) is 0 Å². The molecule has 1 aliphatic rings. The number of benzene rings is 1. The molecule has 0 unspecified atom stereocenters. The van der Waals surface area contributed by atoms with Crippen LogP contribution in [0.2, 0.25) is 0 Å². The van der Waals surface area contributed by atoms with Gasteiger partial charge in [0, 0.05) is 11.7 Å². The lowest BCUT2D eigenvalue weighted by Crippen LogP contribution is -2.43. The van der Waals surface area contributed by atoms with Crippen molar-refractivity contribution in [3.63, 3.8) is 0 Å². The van der Waals surface area contributed by atoms with Crippen LogP contribution in [0, 0.1) is 5.92 Å². The Morgan fingerprint density at radius 1 is 1.39 bits per heavy atom. The van der Waals surface area contributed by atoms with Crippen LogP contribution in [0.4, 0.5) is 5.69 Å². The van der Waals surface area contributed by atoms with Crippen molar-refractivity contribution < 1.29 is 9.53 Å². The van der Waals surface area contributed by atoms with Gasteiger partial charge in [-0.25, -0.2) is 0 Å². The second-order valence-corrected chi connectivity index (χ2v) is 5.01. The second-order valence-electron chi connectivity index (χ2n) is 5.01. The van der Waals surface area contributed by atoms with Crippen molar-refractivity contribution >= 4 is 11.6 Å². The Kier molecular flexibility index (Phi) is 4.07. The summed E-state index contributed by atoms with van der Waals surface area (Å²) < 4.78 is 5.47. The molecule has 3 N–H and O–H groups in total. The fourth-order valence-electron chi connectivity index (χ4n) is 2.15. The minimum absolute atomic E-state index is 0.0716. The molecule has 0 aromatic heterocycles. The van der Waals surface area contributed by atoms with E-state index in [1.54, 1.807) is 24.3 Å². The molecule has 98 valence electrons. The lowest BCUT2D eigenvalue weighted by Gasteiger charge is -2.33. The van der Waals surface area contributed by atoms with Crippen molar-refractivity contribution in [2.24, 2.45) is 5.92 Å². The van der Waals surface area contributed by atoms with Crippen LogP contribution in [0.15, 0.2) is 24.3 Å². The van der Waals surface area contributed by atoms with Crippen molar-refractivity contribution in [1.29, 1.82) is 0 Å². The zero-order valence-corrected chi connectivity index (χ0v) is 10.7. The molecule has 0 heterocycles. The van der Waals surface area contributed by atoms with Gasteiger partial charge in [0.1, 0.15) is 5.75 Å². The normalized spacial score (nSPS) is 22.1. The number of carbonyl (C=O) groups is 1. The zero-order valence-electron chi connectivity index (χ0n) is 10.7. The van der Waals surface area contributed by atoms with E-state index >= 15 is 0 Å². The van der Waals surface area contributed by atoms with E-state index in [2.05, 4.69) is 12.2 Å². The van der Waals surface area contributed by atoms with Gasteiger partial charge >= 0.3 is 0 Å². The minimum Gasteiger partial charge on any atom is -0.493 e. The van der Waals surface area contributed by atoms with Crippen molar-refractivity contribution in [3.05, 3.63) is 24.3 Å². The number of nitrogens with one attached hydrogen (secondary N) is 1. The van der Waals surface area contributed by atoms with E-state index in [9.17, 15) is 4.79 Å². The van der Waals surface area contributed by atoms with Gasteiger partial charge in [0.2, 0.25) is 5.91 Å². The van der Waals surface area contributed by atoms with Crippen LogP contribution in [0.5, 0.6) is 5.75 Å². The summed E-state index contributed by atoms with van der Waals surface area (Å²) in [5.74, 6) is 1.57. The van der Waals surface area contributed by atoms with Gasteiger partial charge in [-0.15, -0.1) is 0 Å². The number of hydrogen-bond acceptors (Lipinski definition) is 3. The van der Waals surface area contributed by atoms with E-state index in [1.165, 1.54) is 0 Å². The number of hydrogen-bond donors (Lipinski definition) is 2. The van der Waals surface area contributed by atoms with Crippen LogP contribution in [-0.4, -0.2) is 18.6 Å². The first-order valence-corrected chi connectivity index (χ1v) is 6.41. The maximum atomic E-state index is 11.6. The van der Waals surface area contributed by atoms with Gasteiger partial charge in [-0.1, -0.05) is 6.92 Å². The number of amides is 1. The lowest BCUT2D eigenvalue weighted by atomic mass is 9.82. The number of nitrogens with two attached hydrogens (primary N) is 1. The standard InChI is InChI=1S/C14H20N2O2/c1-10-8-12(9-10)16-14(17)6-7-18-13-4-2-11(15)3-5-13/h2-5,10,12H,6-9,15H2,1H3,(H,16,17).